The maximum Gasteiger partial charge on any atom is 0.328 e. The molecular formula is C15H17Cl2NO2. The lowest BCUT2D eigenvalue weighted by Crippen LogP contribution is -2.20. The lowest BCUT2D eigenvalue weighted by molar-refractivity contribution is -0.144. The molecule has 0 bridgehead atoms. The highest BCUT2D eigenvalue weighted by Crippen LogP contribution is 2.32. The molecule has 1 atom stereocenters. The Kier molecular flexibility index (Phi) is 4.95. The van der Waals surface area contributed by atoms with Gasteiger partial charge in [-0.15, -0.1) is 0 Å². The van der Waals surface area contributed by atoms with Gasteiger partial charge in [0.15, 0.2) is 0 Å². The smallest absolute Gasteiger partial charge is 0.328 e. The molecule has 0 aliphatic carbocycles. The average molecular weight is 314 g/mol. The Labute approximate surface area is 128 Å². The second kappa shape index (κ2) is 6.51. The number of benzene rings is 1. The Bertz CT molecular complexity index is 622. The van der Waals surface area contributed by atoms with Crippen molar-refractivity contribution in [1.82, 2.24) is 4.57 Å². The third kappa shape index (κ3) is 2.94. The fraction of sp³-hybridized carbons (Fsp3) is 0.400. The summed E-state index contributed by atoms with van der Waals surface area (Å²) >= 11 is 12.2. The number of halogens is 2. The van der Waals surface area contributed by atoms with Crippen molar-refractivity contribution in [1.29, 1.82) is 0 Å². The summed E-state index contributed by atoms with van der Waals surface area (Å²) in [6, 6.07) is 5.09. The average Bonchev–Trinajstić information content (AvgIpc) is 2.83. The lowest BCUT2D eigenvalue weighted by Gasteiger charge is -2.17. The summed E-state index contributed by atoms with van der Waals surface area (Å²) in [6.07, 6.45) is 4.57. The SMILES string of the molecule is CCCCC(C(=O)OC)n1ccc2c(Cl)cc(Cl)cc21. The van der Waals surface area contributed by atoms with E-state index in [9.17, 15) is 4.79 Å². The fourth-order valence-electron chi connectivity index (χ4n) is 2.36. The monoisotopic (exact) mass is 313 g/mol. The molecule has 108 valence electrons. The minimum atomic E-state index is -0.341. The number of unbranched alkanes of at least 4 members (excludes halogenated alkanes) is 1. The number of fused-ring (bicyclic) bond motifs is 1. The standard InChI is InChI=1S/C15H17Cl2NO2/c1-3-4-5-13(15(19)20-2)18-7-6-11-12(17)8-10(16)9-14(11)18/h6-9,13H,3-5H2,1-2H3. The summed E-state index contributed by atoms with van der Waals surface area (Å²) in [6.45, 7) is 2.09. The molecule has 0 aliphatic rings. The maximum absolute atomic E-state index is 12.0. The van der Waals surface area contributed by atoms with Crippen LogP contribution in [0.2, 0.25) is 10.0 Å². The Morgan fingerprint density at radius 1 is 1.40 bits per heavy atom. The number of carbonyl (C=O) groups is 1. The summed E-state index contributed by atoms with van der Waals surface area (Å²) in [4.78, 5) is 12.0. The minimum absolute atomic E-state index is 0.243. The highest BCUT2D eigenvalue weighted by molar-refractivity contribution is 6.38. The molecule has 2 rings (SSSR count). The molecule has 3 nitrogen and oxygen atoms in total. The van der Waals surface area contributed by atoms with Crippen LogP contribution in [0.5, 0.6) is 0 Å². The van der Waals surface area contributed by atoms with Crippen molar-refractivity contribution < 1.29 is 9.53 Å². The van der Waals surface area contributed by atoms with Gasteiger partial charge in [0.05, 0.1) is 17.6 Å². The summed E-state index contributed by atoms with van der Waals surface area (Å²) in [5.41, 5.74) is 0.856. The molecule has 0 radical (unpaired) electrons. The van der Waals surface area contributed by atoms with Crippen LogP contribution in [0.3, 0.4) is 0 Å². The van der Waals surface area contributed by atoms with Crippen LogP contribution in [0.4, 0.5) is 0 Å². The molecule has 0 saturated heterocycles. The van der Waals surface area contributed by atoms with Crippen LogP contribution in [0.15, 0.2) is 24.4 Å². The highest BCUT2D eigenvalue weighted by atomic mass is 35.5. The van der Waals surface area contributed by atoms with E-state index in [1.807, 2.05) is 22.9 Å². The van der Waals surface area contributed by atoms with Crippen LogP contribution in [-0.2, 0) is 9.53 Å². The van der Waals surface area contributed by atoms with Crippen molar-refractivity contribution in [2.75, 3.05) is 7.11 Å². The number of methoxy groups -OCH3 is 1. The molecule has 0 N–H and O–H groups in total. The lowest BCUT2D eigenvalue weighted by atomic mass is 10.1. The fourth-order valence-corrected chi connectivity index (χ4v) is 2.91. The van der Waals surface area contributed by atoms with Gasteiger partial charge in [0, 0.05) is 16.6 Å². The van der Waals surface area contributed by atoms with Gasteiger partial charge in [-0.3, -0.25) is 0 Å². The number of ether oxygens (including phenoxy) is 1. The number of hydrogen-bond acceptors (Lipinski definition) is 2. The molecule has 2 aromatic rings. The second-order valence-corrected chi connectivity index (χ2v) is 5.57. The first-order valence-corrected chi connectivity index (χ1v) is 7.37. The maximum atomic E-state index is 12.0. The molecular weight excluding hydrogens is 297 g/mol. The van der Waals surface area contributed by atoms with Gasteiger partial charge < -0.3 is 9.30 Å². The molecule has 1 heterocycles. The molecule has 0 spiro atoms. The number of rotatable bonds is 5. The van der Waals surface area contributed by atoms with E-state index in [1.54, 1.807) is 6.07 Å². The molecule has 0 amide bonds. The number of esters is 1. The summed E-state index contributed by atoms with van der Waals surface area (Å²) in [5, 5.41) is 2.04. The minimum Gasteiger partial charge on any atom is -0.467 e. The molecule has 0 aliphatic heterocycles. The zero-order valence-electron chi connectivity index (χ0n) is 11.5. The Hall–Kier alpha value is -1.19. The summed E-state index contributed by atoms with van der Waals surface area (Å²) in [5.74, 6) is -0.243. The number of nitrogens with zero attached hydrogens (tertiary/aromatic N) is 1. The third-order valence-electron chi connectivity index (χ3n) is 3.39. The van der Waals surface area contributed by atoms with Gasteiger partial charge in [-0.1, -0.05) is 43.0 Å². The van der Waals surface area contributed by atoms with Crippen molar-refractivity contribution in [3.63, 3.8) is 0 Å². The van der Waals surface area contributed by atoms with Gasteiger partial charge in [0.1, 0.15) is 6.04 Å². The first-order valence-electron chi connectivity index (χ1n) is 6.62. The van der Waals surface area contributed by atoms with Crippen molar-refractivity contribution in [3.05, 3.63) is 34.4 Å². The van der Waals surface area contributed by atoms with Gasteiger partial charge in [-0.05, 0) is 24.6 Å². The van der Waals surface area contributed by atoms with E-state index < -0.39 is 0 Å². The van der Waals surface area contributed by atoms with E-state index in [2.05, 4.69) is 6.92 Å². The van der Waals surface area contributed by atoms with E-state index in [0.717, 1.165) is 30.2 Å². The van der Waals surface area contributed by atoms with Gasteiger partial charge in [0.2, 0.25) is 0 Å². The molecule has 0 fully saturated rings. The first-order chi connectivity index (χ1) is 9.58. The second-order valence-electron chi connectivity index (χ2n) is 4.72. The van der Waals surface area contributed by atoms with Crippen LogP contribution in [-0.4, -0.2) is 17.6 Å². The Morgan fingerprint density at radius 2 is 2.15 bits per heavy atom. The predicted octanol–water partition coefficient (Wildman–Crippen LogP) is 4.85. The third-order valence-corrected chi connectivity index (χ3v) is 3.92. The number of hydrogen-bond donors (Lipinski definition) is 0. The van der Waals surface area contributed by atoms with Crippen LogP contribution in [0.25, 0.3) is 10.9 Å². The Balaban J connectivity index is 2.50. The van der Waals surface area contributed by atoms with Crippen molar-refractivity contribution >= 4 is 40.1 Å². The van der Waals surface area contributed by atoms with Crippen molar-refractivity contribution in [2.24, 2.45) is 0 Å². The van der Waals surface area contributed by atoms with Gasteiger partial charge in [0.25, 0.3) is 0 Å². The first kappa shape index (κ1) is 15.2. The van der Waals surface area contributed by atoms with Crippen LogP contribution >= 0.6 is 23.2 Å². The van der Waals surface area contributed by atoms with E-state index in [4.69, 9.17) is 27.9 Å². The molecule has 20 heavy (non-hydrogen) atoms. The van der Waals surface area contributed by atoms with Gasteiger partial charge >= 0.3 is 5.97 Å². The summed E-state index contributed by atoms with van der Waals surface area (Å²) < 4.78 is 6.81. The van der Waals surface area contributed by atoms with Gasteiger partial charge in [-0.25, -0.2) is 4.79 Å². The van der Waals surface area contributed by atoms with E-state index >= 15 is 0 Å². The molecule has 1 aromatic carbocycles. The highest BCUT2D eigenvalue weighted by Gasteiger charge is 2.22. The summed E-state index contributed by atoms with van der Waals surface area (Å²) in [7, 11) is 1.41. The molecule has 0 saturated carbocycles. The molecule has 1 aromatic heterocycles. The Morgan fingerprint density at radius 3 is 2.80 bits per heavy atom. The largest absolute Gasteiger partial charge is 0.467 e. The number of carbonyl (C=O) groups excluding carboxylic acids is 1. The van der Waals surface area contributed by atoms with Crippen LogP contribution in [0, 0.1) is 0 Å². The molecule has 1 unspecified atom stereocenters. The van der Waals surface area contributed by atoms with E-state index in [1.165, 1.54) is 7.11 Å². The molecule has 5 heteroatoms. The van der Waals surface area contributed by atoms with E-state index in [0.29, 0.717) is 10.0 Å². The normalized spacial score (nSPS) is 12.6. The van der Waals surface area contributed by atoms with Crippen LogP contribution < -0.4 is 0 Å². The zero-order valence-corrected chi connectivity index (χ0v) is 13.0. The predicted molar refractivity (Wildman–Crippen MR) is 82.5 cm³/mol. The zero-order chi connectivity index (χ0) is 14.7. The van der Waals surface area contributed by atoms with E-state index in [-0.39, 0.29) is 12.0 Å². The quantitative estimate of drug-likeness (QED) is 0.739. The number of aromatic nitrogens is 1. The van der Waals surface area contributed by atoms with Gasteiger partial charge in [-0.2, -0.15) is 0 Å². The topological polar surface area (TPSA) is 31.2 Å². The van der Waals surface area contributed by atoms with Crippen LogP contribution in [0.1, 0.15) is 32.2 Å². The van der Waals surface area contributed by atoms with Crippen molar-refractivity contribution in [2.45, 2.75) is 32.2 Å². The van der Waals surface area contributed by atoms with Crippen molar-refractivity contribution in [3.8, 4) is 0 Å².